The number of hydrogen-bond acceptors (Lipinski definition) is 3. The quantitative estimate of drug-likeness (QED) is 0.854. The minimum atomic E-state index is 0.486. The Balaban J connectivity index is 2.04. The molecule has 2 nitrogen and oxygen atoms in total. The third-order valence-electron chi connectivity index (χ3n) is 2.11. The summed E-state index contributed by atoms with van der Waals surface area (Å²) >= 11 is 1.70. The van der Waals surface area contributed by atoms with Gasteiger partial charge in [-0.05, 0) is 23.6 Å². The van der Waals surface area contributed by atoms with Gasteiger partial charge < -0.3 is 9.73 Å². The molecule has 0 saturated heterocycles. The number of thiophene rings is 1. The van der Waals surface area contributed by atoms with Crippen LogP contribution in [0.4, 0.5) is 0 Å². The number of rotatable bonds is 4. The van der Waals surface area contributed by atoms with E-state index in [0.717, 1.165) is 18.1 Å². The smallest absolute Gasteiger partial charge is 0.144 e. The molecule has 3 heteroatoms. The Kier molecular flexibility index (Phi) is 3.23. The van der Waals surface area contributed by atoms with Crippen molar-refractivity contribution in [1.82, 2.24) is 5.32 Å². The Morgan fingerprint density at radius 1 is 1.33 bits per heavy atom. The van der Waals surface area contributed by atoms with Crippen LogP contribution in [0.1, 0.15) is 19.6 Å². The first-order valence-electron chi connectivity index (χ1n) is 5.11. The van der Waals surface area contributed by atoms with Crippen molar-refractivity contribution in [3.8, 4) is 10.6 Å². The molecule has 0 amide bonds. The molecule has 15 heavy (non-hydrogen) atoms. The molecule has 0 atom stereocenters. The second kappa shape index (κ2) is 4.64. The Labute approximate surface area is 93.9 Å². The van der Waals surface area contributed by atoms with E-state index in [1.165, 1.54) is 4.88 Å². The SMILES string of the molecule is CC(C)NCc1ccc(-c2cccs2)o1. The monoisotopic (exact) mass is 221 g/mol. The van der Waals surface area contributed by atoms with Crippen LogP contribution in [-0.2, 0) is 6.54 Å². The predicted octanol–water partition coefficient (Wildman–Crippen LogP) is 3.51. The van der Waals surface area contributed by atoms with Gasteiger partial charge in [0.05, 0.1) is 11.4 Å². The molecule has 0 bridgehead atoms. The highest BCUT2D eigenvalue weighted by molar-refractivity contribution is 7.13. The summed E-state index contributed by atoms with van der Waals surface area (Å²) in [6.45, 7) is 5.05. The number of nitrogens with one attached hydrogen (secondary N) is 1. The van der Waals surface area contributed by atoms with Crippen molar-refractivity contribution in [3.05, 3.63) is 35.4 Å². The minimum Gasteiger partial charge on any atom is -0.459 e. The Morgan fingerprint density at radius 2 is 2.20 bits per heavy atom. The molecule has 0 aliphatic carbocycles. The Bertz CT molecular complexity index is 403. The van der Waals surface area contributed by atoms with Crippen LogP contribution in [0.2, 0.25) is 0 Å². The lowest BCUT2D eigenvalue weighted by molar-refractivity contribution is 0.474. The van der Waals surface area contributed by atoms with Crippen molar-refractivity contribution in [2.75, 3.05) is 0 Å². The van der Waals surface area contributed by atoms with Gasteiger partial charge in [-0.1, -0.05) is 19.9 Å². The molecule has 0 unspecified atom stereocenters. The van der Waals surface area contributed by atoms with Gasteiger partial charge >= 0.3 is 0 Å². The summed E-state index contributed by atoms with van der Waals surface area (Å²) in [5.74, 6) is 1.96. The van der Waals surface area contributed by atoms with Crippen LogP contribution in [0, 0.1) is 0 Å². The van der Waals surface area contributed by atoms with E-state index in [1.54, 1.807) is 11.3 Å². The largest absolute Gasteiger partial charge is 0.459 e. The molecule has 2 aromatic heterocycles. The highest BCUT2D eigenvalue weighted by Gasteiger charge is 2.05. The van der Waals surface area contributed by atoms with E-state index in [-0.39, 0.29) is 0 Å². The summed E-state index contributed by atoms with van der Waals surface area (Å²) in [7, 11) is 0. The predicted molar refractivity (Wildman–Crippen MR) is 64.0 cm³/mol. The maximum Gasteiger partial charge on any atom is 0.144 e. The zero-order chi connectivity index (χ0) is 10.7. The van der Waals surface area contributed by atoms with Crippen LogP contribution in [0.25, 0.3) is 10.6 Å². The molecule has 2 rings (SSSR count). The summed E-state index contributed by atoms with van der Waals surface area (Å²) in [4.78, 5) is 1.19. The van der Waals surface area contributed by atoms with Gasteiger partial charge in [-0.2, -0.15) is 0 Å². The second-order valence-corrected chi connectivity index (χ2v) is 4.73. The van der Waals surface area contributed by atoms with Gasteiger partial charge in [-0.3, -0.25) is 0 Å². The molecule has 0 aliphatic rings. The van der Waals surface area contributed by atoms with Gasteiger partial charge in [0.2, 0.25) is 0 Å². The molecular weight excluding hydrogens is 206 g/mol. The highest BCUT2D eigenvalue weighted by Crippen LogP contribution is 2.26. The molecule has 1 N–H and O–H groups in total. The highest BCUT2D eigenvalue weighted by atomic mass is 32.1. The normalized spacial score (nSPS) is 11.1. The molecule has 0 fully saturated rings. The average molecular weight is 221 g/mol. The summed E-state index contributed by atoms with van der Waals surface area (Å²) in [5.41, 5.74) is 0. The lowest BCUT2D eigenvalue weighted by Gasteiger charge is -2.04. The van der Waals surface area contributed by atoms with Gasteiger partial charge in [0.15, 0.2) is 0 Å². The van der Waals surface area contributed by atoms with Crippen LogP contribution >= 0.6 is 11.3 Å². The fraction of sp³-hybridized carbons (Fsp3) is 0.333. The van der Waals surface area contributed by atoms with Crippen LogP contribution in [0.3, 0.4) is 0 Å². The van der Waals surface area contributed by atoms with E-state index in [0.29, 0.717) is 6.04 Å². The first kappa shape index (κ1) is 10.5. The van der Waals surface area contributed by atoms with Crippen molar-refractivity contribution >= 4 is 11.3 Å². The van der Waals surface area contributed by atoms with E-state index in [1.807, 2.05) is 18.2 Å². The van der Waals surface area contributed by atoms with E-state index in [9.17, 15) is 0 Å². The van der Waals surface area contributed by atoms with E-state index >= 15 is 0 Å². The van der Waals surface area contributed by atoms with E-state index in [4.69, 9.17) is 4.42 Å². The van der Waals surface area contributed by atoms with Crippen molar-refractivity contribution < 1.29 is 4.42 Å². The first-order chi connectivity index (χ1) is 7.25. The molecule has 2 aromatic rings. The zero-order valence-corrected chi connectivity index (χ0v) is 9.80. The van der Waals surface area contributed by atoms with Gasteiger partial charge in [0.25, 0.3) is 0 Å². The first-order valence-corrected chi connectivity index (χ1v) is 5.99. The molecule has 80 valence electrons. The molecule has 0 spiro atoms. The fourth-order valence-corrected chi connectivity index (χ4v) is 2.02. The third kappa shape index (κ3) is 2.70. The van der Waals surface area contributed by atoms with Crippen molar-refractivity contribution in [2.45, 2.75) is 26.4 Å². The van der Waals surface area contributed by atoms with Gasteiger partial charge in [-0.15, -0.1) is 11.3 Å². The lowest BCUT2D eigenvalue weighted by Crippen LogP contribution is -2.21. The molecule has 0 saturated carbocycles. The van der Waals surface area contributed by atoms with E-state index < -0.39 is 0 Å². The van der Waals surface area contributed by atoms with Gasteiger partial charge in [-0.25, -0.2) is 0 Å². The Morgan fingerprint density at radius 3 is 2.87 bits per heavy atom. The number of furan rings is 1. The van der Waals surface area contributed by atoms with Crippen molar-refractivity contribution in [3.63, 3.8) is 0 Å². The second-order valence-electron chi connectivity index (χ2n) is 3.78. The molecule has 2 heterocycles. The lowest BCUT2D eigenvalue weighted by atomic mass is 10.3. The Hall–Kier alpha value is -1.06. The minimum absolute atomic E-state index is 0.486. The van der Waals surface area contributed by atoms with Gasteiger partial charge in [0.1, 0.15) is 11.5 Å². The zero-order valence-electron chi connectivity index (χ0n) is 8.99. The van der Waals surface area contributed by atoms with Gasteiger partial charge in [0, 0.05) is 6.04 Å². The topological polar surface area (TPSA) is 25.2 Å². The van der Waals surface area contributed by atoms with Crippen molar-refractivity contribution in [2.24, 2.45) is 0 Å². The van der Waals surface area contributed by atoms with Crippen LogP contribution in [0.5, 0.6) is 0 Å². The fourth-order valence-electron chi connectivity index (χ4n) is 1.33. The van der Waals surface area contributed by atoms with Crippen LogP contribution in [-0.4, -0.2) is 6.04 Å². The molecule has 0 radical (unpaired) electrons. The summed E-state index contributed by atoms with van der Waals surface area (Å²) in [5, 5.41) is 5.39. The van der Waals surface area contributed by atoms with Crippen LogP contribution in [0.15, 0.2) is 34.1 Å². The summed E-state index contributed by atoms with van der Waals surface area (Å²) in [6, 6.07) is 8.66. The number of hydrogen-bond donors (Lipinski definition) is 1. The third-order valence-corrected chi connectivity index (χ3v) is 2.99. The molecule has 0 aromatic carbocycles. The standard InChI is InChI=1S/C12H15NOS/c1-9(2)13-8-10-5-6-11(14-10)12-4-3-7-15-12/h3-7,9,13H,8H2,1-2H3. The molecular formula is C12H15NOS. The average Bonchev–Trinajstić information content (AvgIpc) is 2.85. The summed E-state index contributed by atoms with van der Waals surface area (Å²) < 4.78 is 5.73. The maximum absolute atomic E-state index is 5.73. The van der Waals surface area contributed by atoms with E-state index in [2.05, 4.69) is 30.6 Å². The summed E-state index contributed by atoms with van der Waals surface area (Å²) in [6.07, 6.45) is 0. The maximum atomic E-state index is 5.73. The van der Waals surface area contributed by atoms with Crippen LogP contribution < -0.4 is 5.32 Å². The molecule has 0 aliphatic heterocycles. The van der Waals surface area contributed by atoms with Crippen molar-refractivity contribution in [1.29, 1.82) is 0 Å².